The van der Waals surface area contributed by atoms with E-state index in [2.05, 4.69) is 56.6 Å². The van der Waals surface area contributed by atoms with Crippen molar-refractivity contribution in [2.45, 2.75) is 33.9 Å². The number of nitrogen functional groups attached to an aromatic ring is 1. The molecule has 2 aromatic carbocycles. The molecule has 0 amide bonds. The van der Waals surface area contributed by atoms with E-state index in [0.717, 1.165) is 28.2 Å². The van der Waals surface area contributed by atoms with Crippen LogP contribution in [0, 0.1) is 20.8 Å². The van der Waals surface area contributed by atoms with Gasteiger partial charge in [0.05, 0.1) is 12.2 Å². The van der Waals surface area contributed by atoms with Crippen LogP contribution < -0.4 is 11.1 Å². The van der Waals surface area contributed by atoms with E-state index in [1.165, 1.54) is 11.6 Å². The summed E-state index contributed by atoms with van der Waals surface area (Å²) >= 11 is 0. The second-order valence-corrected chi connectivity index (χ2v) is 8.09. The normalized spacial score (nSPS) is 11.1. The average Bonchev–Trinajstić information content (AvgIpc) is 3.10. The third-order valence-electron chi connectivity index (χ3n) is 5.35. The number of ether oxygens (including phenoxy) is 1. The van der Waals surface area contributed by atoms with Gasteiger partial charge in [0.1, 0.15) is 0 Å². The van der Waals surface area contributed by atoms with E-state index in [4.69, 9.17) is 10.5 Å². The molecule has 9 nitrogen and oxygen atoms in total. The minimum absolute atomic E-state index is 0.0345. The summed E-state index contributed by atoms with van der Waals surface area (Å²) in [6.07, 6.45) is 3.09. The predicted molar refractivity (Wildman–Crippen MR) is 135 cm³/mol. The Morgan fingerprint density at radius 1 is 1.03 bits per heavy atom. The van der Waals surface area contributed by atoms with E-state index in [0.29, 0.717) is 6.54 Å². The summed E-state index contributed by atoms with van der Waals surface area (Å²) in [5.74, 6) is 0.0346. The van der Waals surface area contributed by atoms with Crippen LogP contribution in [0.5, 0.6) is 0 Å². The highest BCUT2D eigenvalue weighted by atomic mass is 16.5. The zero-order chi connectivity index (χ0) is 24.8. The third-order valence-corrected chi connectivity index (χ3v) is 5.35. The van der Waals surface area contributed by atoms with Gasteiger partial charge in [-0.2, -0.15) is 20.1 Å². The molecule has 2 heterocycles. The Kier molecular flexibility index (Phi) is 7.15. The first-order valence-electron chi connectivity index (χ1n) is 11.1. The number of para-hydroxylation sites is 1. The van der Waals surface area contributed by atoms with Gasteiger partial charge < -0.3 is 15.8 Å². The fraction of sp³-hybridized carbons (Fsp3) is 0.192. The standard InChI is InChI=1S/C26H27N7O2/c1-17-9-11-20(12-10-17)15-33-19(3)22(18(2)32-33)13-14-24(34)35-16-23-29-25(27)31-26(30-23)28-21-7-5-4-6-8-21/h4-14H,15-16H2,1-3H3,(H3,27,28,29,30,31)/b14-13+. The molecule has 0 aliphatic rings. The fourth-order valence-corrected chi connectivity index (χ4v) is 3.52. The lowest BCUT2D eigenvalue weighted by atomic mass is 10.1. The summed E-state index contributed by atoms with van der Waals surface area (Å²) < 4.78 is 7.24. The number of hydrogen-bond donors (Lipinski definition) is 2. The summed E-state index contributed by atoms with van der Waals surface area (Å²) in [6, 6.07) is 17.8. The van der Waals surface area contributed by atoms with Crippen molar-refractivity contribution in [2.75, 3.05) is 11.1 Å². The average molecular weight is 470 g/mol. The lowest BCUT2D eigenvalue weighted by molar-refractivity contribution is -0.139. The monoisotopic (exact) mass is 469 g/mol. The number of carbonyl (C=O) groups excluding carboxylic acids is 1. The van der Waals surface area contributed by atoms with Crippen LogP contribution in [0.4, 0.5) is 17.6 Å². The number of rotatable bonds is 8. The van der Waals surface area contributed by atoms with Crippen molar-refractivity contribution in [3.05, 3.63) is 94.6 Å². The molecule has 0 aliphatic carbocycles. The first-order valence-corrected chi connectivity index (χ1v) is 11.1. The van der Waals surface area contributed by atoms with Crippen molar-refractivity contribution in [2.24, 2.45) is 0 Å². The van der Waals surface area contributed by atoms with Gasteiger partial charge in [-0.25, -0.2) is 4.79 Å². The Labute approximate surface area is 203 Å². The van der Waals surface area contributed by atoms with Crippen LogP contribution in [-0.2, 0) is 22.7 Å². The van der Waals surface area contributed by atoms with Crippen molar-refractivity contribution in [1.29, 1.82) is 0 Å². The van der Waals surface area contributed by atoms with E-state index < -0.39 is 5.97 Å². The first-order chi connectivity index (χ1) is 16.9. The Morgan fingerprint density at radius 3 is 2.51 bits per heavy atom. The van der Waals surface area contributed by atoms with Gasteiger partial charge in [0.2, 0.25) is 11.9 Å². The Bertz CT molecular complexity index is 1350. The summed E-state index contributed by atoms with van der Waals surface area (Å²) in [4.78, 5) is 24.7. The van der Waals surface area contributed by atoms with Gasteiger partial charge in [-0.05, 0) is 44.5 Å². The van der Waals surface area contributed by atoms with Crippen LogP contribution in [0.3, 0.4) is 0 Å². The van der Waals surface area contributed by atoms with E-state index in [-0.39, 0.29) is 24.3 Å². The van der Waals surface area contributed by atoms with E-state index >= 15 is 0 Å². The number of nitrogens with one attached hydrogen (secondary N) is 1. The molecule has 4 aromatic rings. The zero-order valence-electron chi connectivity index (χ0n) is 19.9. The number of aryl methyl sites for hydroxylation is 2. The topological polar surface area (TPSA) is 121 Å². The maximum atomic E-state index is 12.3. The van der Waals surface area contributed by atoms with Crippen LogP contribution in [0.2, 0.25) is 0 Å². The van der Waals surface area contributed by atoms with Crippen molar-refractivity contribution in [3.63, 3.8) is 0 Å². The minimum atomic E-state index is -0.522. The number of nitrogens with zero attached hydrogens (tertiary/aromatic N) is 5. The van der Waals surface area contributed by atoms with Crippen molar-refractivity contribution in [3.8, 4) is 0 Å². The van der Waals surface area contributed by atoms with Gasteiger partial charge in [-0.1, -0.05) is 48.0 Å². The van der Waals surface area contributed by atoms with Crippen LogP contribution >= 0.6 is 0 Å². The predicted octanol–water partition coefficient (Wildman–Crippen LogP) is 4.12. The van der Waals surface area contributed by atoms with Gasteiger partial charge >= 0.3 is 5.97 Å². The van der Waals surface area contributed by atoms with Crippen LogP contribution in [0.15, 0.2) is 60.7 Å². The number of aromatic nitrogens is 5. The molecule has 0 saturated heterocycles. The van der Waals surface area contributed by atoms with Gasteiger partial charge in [0.25, 0.3) is 0 Å². The number of carbonyl (C=O) groups is 1. The first kappa shape index (κ1) is 23.6. The summed E-state index contributed by atoms with van der Waals surface area (Å²) in [5, 5.41) is 7.67. The quantitative estimate of drug-likeness (QED) is 0.292. The molecule has 2 aromatic heterocycles. The molecule has 35 heavy (non-hydrogen) atoms. The van der Waals surface area contributed by atoms with Crippen LogP contribution in [-0.4, -0.2) is 30.7 Å². The molecule has 0 fully saturated rings. The lowest BCUT2D eigenvalue weighted by Gasteiger charge is -2.07. The molecular weight excluding hydrogens is 442 g/mol. The summed E-state index contributed by atoms with van der Waals surface area (Å²) in [7, 11) is 0. The Morgan fingerprint density at radius 2 is 1.77 bits per heavy atom. The Hall–Kier alpha value is -4.53. The maximum Gasteiger partial charge on any atom is 0.331 e. The molecule has 3 N–H and O–H groups in total. The second kappa shape index (κ2) is 10.6. The number of nitrogens with two attached hydrogens (primary N) is 1. The summed E-state index contributed by atoms with van der Waals surface area (Å²) in [6.45, 7) is 6.48. The lowest BCUT2D eigenvalue weighted by Crippen LogP contribution is -2.10. The van der Waals surface area contributed by atoms with E-state index in [9.17, 15) is 4.79 Å². The molecule has 0 radical (unpaired) electrons. The van der Waals surface area contributed by atoms with Gasteiger partial charge in [-0.15, -0.1) is 0 Å². The molecule has 0 unspecified atom stereocenters. The second-order valence-electron chi connectivity index (χ2n) is 8.09. The maximum absolute atomic E-state index is 12.3. The molecule has 0 bridgehead atoms. The van der Waals surface area contributed by atoms with Crippen molar-refractivity contribution < 1.29 is 9.53 Å². The zero-order valence-corrected chi connectivity index (χ0v) is 19.9. The molecule has 0 spiro atoms. The number of esters is 1. The number of anilines is 3. The van der Waals surface area contributed by atoms with E-state index in [1.807, 2.05) is 48.9 Å². The molecule has 4 rings (SSSR count). The molecule has 0 atom stereocenters. The third kappa shape index (κ3) is 6.29. The molecule has 0 saturated carbocycles. The molecular formula is C26H27N7O2. The van der Waals surface area contributed by atoms with Crippen molar-refractivity contribution >= 4 is 29.6 Å². The van der Waals surface area contributed by atoms with Crippen molar-refractivity contribution in [1.82, 2.24) is 24.7 Å². The number of benzene rings is 2. The highest BCUT2D eigenvalue weighted by molar-refractivity contribution is 5.87. The molecule has 178 valence electrons. The smallest absolute Gasteiger partial charge is 0.331 e. The van der Waals surface area contributed by atoms with Crippen LogP contribution in [0.1, 0.15) is 33.9 Å². The summed E-state index contributed by atoms with van der Waals surface area (Å²) in [5.41, 5.74) is 11.6. The van der Waals surface area contributed by atoms with Gasteiger partial charge in [-0.3, -0.25) is 4.68 Å². The Balaban J connectivity index is 1.38. The van der Waals surface area contributed by atoms with Gasteiger partial charge in [0, 0.05) is 23.0 Å². The molecule has 0 aliphatic heterocycles. The highest BCUT2D eigenvalue weighted by Gasteiger charge is 2.11. The van der Waals surface area contributed by atoms with Crippen LogP contribution in [0.25, 0.3) is 6.08 Å². The highest BCUT2D eigenvalue weighted by Crippen LogP contribution is 2.17. The molecule has 9 heteroatoms. The van der Waals surface area contributed by atoms with Gasteiger partial charge in [0.15, 0.2) is 12.4 Å². The van der Waals surface area contributed by atoms with E-state index in [1.54, 1.807) is 6.08 Å². The minimum Gasteiger partial charge on any atom is -0.454 e. The number of hydrogen-bond acceptors (Lipinski definition) is 8. The largest absolute Gasteiger partial charge is 0.454 e. The SMILES string of the molecule is Cc1ccc(Cn2nc(C)c(/C=C/C(=O)OCc3nc(N)nc(Nc4ccccc4)n3)c2C)cc1. The fourth-order valence-electron chi connectivity index (χ4n) is 3.52.